The number of carbonyl (C=O) groups excluding carboxylic acids is 1. The van der Waals surface area contributed by atoms with Gasteiger partial charge in [0.15, 0.2) is 5.65 Å². The lowest BCUT2D eigenvalue weighted by atomic mass is 10.1. The van der Waals surface area contributed by atoms with Gasteiger partial charge in [-0.1, -0.05) is 54.6 Å². The van der Waals surface area contributed by atoms with Gasteiger partial charge in [0.2, 0.25) is 5.91 Å². The molecular formula is C28H26N6OS. The summed E-state index contributed by atoms with van der Waals surface area (Å²) < 4.78 is 2.12. The van der Waals surface area contributed by atoms with Gasteiger partial charge < -0.3 is 10.3 Å². The van der Waals surface area contributed by atoms with Crippen molar-refractivity contribution in [3.8, 4) is 33.8 Å². The highest BCUT2D eigenvalue weighted by Gasteiger charge is 2.26. The lowest BCUT2D eigenvalue weighted by Crippen LogP contribution is -2.22. The van der Waals surface area contributed by atoms with E-state index in [1.807, 2.05) is 30.6 Å². The second-order valence-corrected chi connectivity index (χ2v) is 10.1. The summed E-state index contributed by atoms with van der Waals surface area (Å²) in [4.78, 5) is 28.9. The molecule has 5 aromatic rings. The van der Waals surface area contributed by atoms with Crippen LogP contribution in [0.2, 0.25) is 0 Å². The molecule has 0 spiro atoms. The normalized spacial score (nSPS) is 13.2. The van der Waals surface area contributed by atoms with Gasteiger partial charge in [0.25, 0.3) is 0 Å². The number of thioether (sulfide) groups is 1. The van der Waals surface area contributed by atoms with Gasteiger partial charge in [0.1, 0.15) is 10.9 Å². The number of hydrogen-bond donors (Lipinski definition) is 2. The number of carbonyl (C=O) groups is 1. The highest BCUT2D eigenvalue weighted by Crippen LogP contribution is 2.39. The molecule has 36 heavy (non-hydrogen) atoms. The number of benzene rings is 2. The largest absolute Gasteiger partial charge is 0.356 e. The molecule has 1 aliphatic carbocycles. The van der Waals surface area contributed by atoms with Crippen LogP contribution >= 0.6 is 11.8 Å². The summed E-state index contributed by atoms with van der Waals surface area (Å²) in [6, 6.07) is 18.7. The number of rotatable bonds is 8. The molecular weight excluding hydrogens is 468 g/mol. The summed E-state index contributed by atoms with van der Waals surface area (Å²) in [5.41, 5.74) is 6.98. The Morgan fingerprint density at radius 1 is 1.03 bits per heavy atom. The van der Waals surface area contributed by atoms with Crippen molar-refractivity contribution in [2.45, 2.75) is 30.7 Å². The Hall–Kier alpha value is -3.91. The van der Waals surface area contributed by atoms with Crippen molar-refractivity contribution in [3.63, 3.8) is 0 Å². The lowest BCUT2D eigenvalue weighted by Gasteiger charge is -2.10. The van der Waals surface area contributed by atoms with E-state index < -0.39 is 0 Å². The molecule has 1 amide bonds. The minimum Gasteiger partial charge on any atom is -0.356 e. The first-order valence-corrected chi connectivity index (χ1v) is 13.1. The second-order valence-electron chi connectivity index (χ2n) is 9.00. The Kier molecular flexibility index (Phi) is 6.03. The maximum absolute atomic E-state index is 11.3. The number of nitrogens with zero attached hydrogens (tertiary/aromatic N) is 4. The molecule has 1 saturated carbocycles. The molecule has 1 aliphatic rings. The number of H-pyrrole nitrogens is 1. The highest BCUT2D eigenvalue weighted by molar-refractivity contribution is 7.99. The number of imidazole rings is 2. The summed E-state index contributed by atoms with van der Waals surface area (Å²) >= 11 is 1.60. The van der Waals surface area contributed by atoms with Gasteiger partial charge in [-0.25, -0.2) is 15.0 Å². The van der Waals surface area contributed by atoms with E-state index in [1.54, 1.807) is 11.8 Å². The molecule has 0 aliphatic heterocycles. The molecule has 8 heteroatoms. The number of fused-ring (bicyclic) bond motifs is 1. The SMILES string of the molecule is CC(=O)NCCSc1nc(-c2ccccc2)cn2c(-c3ccc(-c4cnc(C5CC5)[nH]4)cc3)cnc12. The van der Waals surface area contributed by atoms with Crippen molar-refractivity contribution >= 4 is 23.3 Å². The van der Waals surface area contributed by atoms with Gasteiger partial charge in [-0.15, -0.1) is 11.8 Å². The van der Waals surface area contributed by atoms with Gasteiger partial charge in [0.05, 0.1) is 29.5 Å². The number of amides is 1. The molecule has 3 aromatic heterocycles. The third-order valence-corrected chi connectivity index (χ3v) is 7.25. The quantitative estimate of drug-likeness (QED) is 0.218. The summed E-state index contributed by atoms with van der Waals surface area (Å²) in [7, 11) is 0. The molecule has 0 bridgehead atoms. The van der Waals surface area contributed by atoms with Crippen molar-refractivity contribution in [3.05, 3.63) is 79.0 Å². The fourth-order valence-electron chi connectivity index (χ4n) is 4.26. The van der Waals surface area contributed by atoms with Crippen LogP contribution in [0.3, 0.4) is 0 Å². The van der Waals surface area contributed by atoms with E-state index in [-0.39, 0.29) is 5.91 Å². The minimum absolute atomic E-state index is 0.0304. The maximum atomic E-state index is 11.3. The summed E-state index contributed by atoms with van der Waals surface area (Å²) in [6.45, 7) is 2.11. The zero-order chi connectivity index (χ0) is 24.5. The summed E-state index contributed by atoms with van der Waals surface area (Å²) in [5, 5.41) is 3.69. The van der Waals surface area contributed by atoms with Gasteiger partial charge >= 0.3 is 0 Å². The van der Waals surface area contributed by atoms with Gasteiger partial charge in [-0.3, -0.25) is 9.20 Å². The van der Waals surface area contributed by atoms with Crippen molar-refractivity contribution in [2.24, 2.45) is 0 Å². The first kappa shape index (κ1) is 22.5. The van der Waals surface area contributed by atoms with E-state index in [2.05, 4.69) is 62.3 Å². The van der Waals surface area contributed by atoms with Crippen LogP contribution in [0.25, 0.3) is 39.4 Å². The zero-order valence-electron chi connectivity index (χ0n) is 19.9. The highest BCUT2D eigenvalue weighted by atomic mass is 32.2. The monoisotopic (exact) mass is 494 g/mol. The van der Waals surface area contributed by atoms with Crippen molar-refractivity contribution in [1.82, 2.24) is 29.7 Å². The average molecular weight is 495 g/mol. The number of aromatic amines is 1. The summed E-state index contributed by atoms with van der Waals surface area (Å²) in [5.74, 6) is 2.39. The fourth-order valence-corrected chi connectivity index (χ4v) is 5.10. The van der Waals surface area contributed by atoms with Crippen LogP contribution in [0, 0.1) is 0 Å². The number of nitrogens with one attached hydrogen (secondary N) is 2. The van der Waals surface area contributed by atoms with Crippen molar-refractivity contribution in [2.75, 3.05) is 12.3 Å². The third-order valence-electron chi connectivity index (χ3n) is 6.30. The Morgan fingerprint density at radius 3 is 2.56 bits per heavy atom. The third kappa shape index (κ3) is 4.64. The van der Waals surface area contributed by atoms with Gasteiger partial charge in [-0.2, -0.15) is 0 Å². The molecule has 2 N–H and O–H groups in total. The van der Waals surface area contributed by atoms with Crippen molar-refractivity contribution < 1.29 is 4.79 Å². The Balaban J connectivity index is 1.35. The molecule has 6 rings (SSSR count). The van der Waals surface area contributed by atoms with Gasteiger partial charge in [-0.05, 0) is 18.4 Å². The lowest BCUT2D eigenvalue weighted by molar-refractivity contribution is -0.118. The molecule has 1 fully saturated rings. The van der Waals surface area contributed by atoms with Crippen molar-refractivity contribution in [1.29, 1.82) is 0 Å². The first-order valence-electron chi connectivity index (χ1n) is 12.1. The van der Waals surface area contributed by atoms with Crippen LogP contribution < -0.4 is 5.32 Å². The Bertz CT molecular complexity index is 1520. The minimum atomic E-state index is -0.0304. The summed E-state index contributed by atoms with van der Waals surface area (Å²) in [6.07, 6.45) is 8.34. The zero-order valence-corrected chi connectivity index (χ0v) is 20.8. The Morgan fingerprint density at radius 2 is 1.81 bits per heavy atom. The van der Waals surface area contributed by atoms with Crippen LogP contribution in [0.5, 0.6) is 0 Å². The van der Waals surface area contributed by atoms with Crippen LogP contribution in [0.1, 0.15) is 31.5 Å². The van der Waals surface area contributed by atoms with E-state index >= 15 is 0 Å². The van der Waals surface area contributed by atoms with Crippen LogP contribution in [-0.2, 0) is 4.79 Å². The predicted octanol–water partition coefficient (Wildman–Crippen LogP) is 5.56. The molecule has 0 saturated heterocycles. The molecule has 2 aromatic carbocycles. The topological polar surface area (TPSA) is 88.0 Å². The smallest absolute Gasteiger partial charge is 0.216 e. The van der Waals surface area contributed by atoms with E-state index in [9.17, 15) is 4.79 Å². The second kappa shape index (κ2) is 9.62. The number of hydrogen-bond acceptors (Lipinski definition) is 5. The predicted molar refractivity (Wildman–Crippen MR) is 143 cm³/mol. The van der Waals surface area contributed by atoms with Crippen LogP contribution in [-0.4, -0.2) is 42.5 Å². The Labute approximate surface area is 213 Å². The van der Waals surface area contributed by atoms with Gasteiger partial charge in [0, 0.05) is 42.5 Å². The van der Waals surface area contributed by atoms with Crippen LogP contribution in [0.4, 0.5) is 0 Å². The molecule has 0 atom stereocenters. The van der Waals surface area contributed by atoms with E-state index in [4.69, 9.17) is 9.97 Å². The van der Waals surface area contributed by atoms with E-state index in [1.165, 1.54) is 19.8 Å². The molecule has 0 radical (unpaired) electrons. The van der Waals surface area contributed by atoms with E-state index in [0.29, 0.717) is 18.2 Å². The maximum Gasteiger partial charge on any atom is 0.216 e. The van der Waals surface area contributed by atoms with E-state index in [0.717, 1.165) is 50.3 Å². The molecule has 0 unspecified atom stereocenters. The molecule has 7 nitrogen and oxygen atoms in total. The molecule has 3 heterocycles. The molecule has 180 valence electrons. The average Bonchev–Trinajstić information content (AvgIpc) is 3.47. The standard InChI is InChI=1S/C28H26N6OS/c1-18(35)29-13-14-36-28-27-31-16-25(34(27)17-24(33-28)19-5-3-2-4-6-19)21-9-7-20(8-10-21)23-15-30-26(32-23)22-11-12-22/h2-10,15-17,22H,11-14H2,1H3,(H,29,35)(H,30,32). The van der Waals surface area contributed by atoms with Crippen LogP contribution in [0.15, 0.2) is 78.2 Å². The number of aromatic nitrogens is 5. The first-order chi connectivity index (χ1) is 17.7. The fraction of sp³-hybridized carbons (Fsp3) is 0.214.